The molecule has 194 valence electrons. The van der Waals surface area contributed by atoms with Crippen molar-refractivity contribution >= 4 is 23.4 Å². The van der Waals surface area contributed by atoms with E-state index in [4.69, 9.17) is 16.3 Å². The van der Waals surface area contributed by atoms with E-state index < -0.39 is 11.6 Å². The van der Waals surface area contributed by atoms with Gasteiger partial charge in [0.1, 0.15) is 23.1 Å². The Labute approximate surface area is 219 Å². The summed E-state index contributed by atoms with van der Waals surface area (Å²) in [6.45, 7) is 9.28. The van der Waals surface area contributed by atoms with Crippen molar-refractivity contribution in [2.75, 3.05) is 19.6 Å². The zero-order valence-electron chi connectivity index (χ0n) is 21.5. The maximum absolute atomic E-state index is 13.4. The van der Waals surface area contributed by atoms with Gasteiger partial charge in [0.15, 0.2) is 0 Å². The zero-order chi connectivity index (χ0) is 25.7. The van der Waals surface area contributed by atoms with Crippen LogP contribution in [-0.2, 0) is 16.1 Å². The lowest BCUT2D eigenvalue weighted by Gasteiger charge is -2.52. The molecule has 1 aromatic carbocycles. The molecule has 8 heteroatoms. The van der Waals surface area contributed by atoms with Gasteiger partial charge in [-0.2, -0.15) is 0 Å². The predicted molar refractivity (Wildman–Crippen MR) is 141 cm³/mol. The fourth-order valence-electron chi connectivity index (χ4n) is 5.23. The van der Waals surface area contributed by atoms with Crippen LogP contribution in [0.3, 0.4) is 0 Å². The molecular formula is C28H37ClN4O3. The summed E-state index contributed by atoms with van der Waals surface area (Å²) >= 11 is 5.98. The smallest absolute Gasteiger partial charge is 0.246 e. The predicted octanol–water partition coefficient (Wildman–Crippen LogP) is 5.04. The van der Waals surface area contributed by atoms with Crippen LogP contribution in [0.4, 0.5) is 0 Å². The van der Waals surface area contributed by atoms with Gasteiger partial charge in [-0.25, -0.2) is 0 Å². The molecule has 2 amide bonds. The monoisotopic (exact) mass is 512 g/mol. The van der Waals surface area contributed by atoms with Crippen molar-refractivity contribution in [3.63, 3.8) is 0 Å². The molecule has 0 aliphatic carbocycles. The van der Waals surface area contributed by atoms with Crippen molar-refractivity contribution in [2.24, 2.45) is 5.92 Å². The van der Waals surface area contributed by atoms with E-state index in [1.807, 2.05) is 17.0 Å². The topological polar surface area (TPSA) is 74.8 Å². The lowest BCUT2D eigenvalue weighted by atomic mass is 9.80. The first-order valence-corrected chi connectivity index (χ1v) is 13.4. The standard InChI is InChI=1S/C28H37ClN4O3/c1-4-5-12-33-26(34)25(15-20(2)3)31-27(35)28(33)10-13-32(14-11-28)19-21-6-8-23(9-7-21)36-24-16-22(29)17-30-18-24/h6-9,16-18,20,25H,4-5,10-15,19H2,1-3H3,(H,31,35). The molecule has 1 spiro atoms. The number of likely N-dealkylation sites (tertiary alicyclic amines) is 1. The second kappa shape index (κ2) is 11.6. The SMILES string of the molecule is CCCCN1C(=O)C(CC(C)C)NC(=O)C12CCN(Cc1ccc(Oc3cncc(Cl)c3)cc1)CC2. The molecule has 2 aliphatic rings. The van der Waals surface area contributed by atoms with Gasteiger partial charge in [-0.15, -0.1) is 0 Å². The van der Waals surface area contributed by atoms with E-state index in [2.05, 4.69) is 48.1 Å². The summed E-state index contributed by atoms with van der Waals surface area (Å²) in [5, 5.41) is 3.61. The number of unbranched alkanes of at least 4 members (excludes halogenated alkanes) is 1. The Kier molecular flexibility index (Phi) is 8.52. The van der Waals surface area contributed by atoms with Crippen LogP contribution in [0.2, 0.25) is 5.02 Å². The Morgan fingerprint density at radius 3 is 2.50 bits per heavy atom. The molecule has 1 atom stereocenters. The molecule has 1 N–H and O–H groups in total. The number of benzene rings is 1. The lowest BCUT2D eigenvalue weighted by Crippen LogP contribution is -2.73. The molecule has 3 heterocycles. The number of aromatic nitrogens is 1. The van der Waals surface area contributed by atoms with Crippen LogP contribution in [0, 0.1) is 5.92 Å². The number of hydrogen-bond acceptors (Lipinski definition) is 5. The van der Waals surface area contributed by atoms with Crippen LogP contribution in [0.25, 0.3) is 0 Å². The molecule has 1 unspecified atom stereocenters. The Morgan fingerprint density at radius 2 is 1.86 bits per heavy atom. The normalized spacial score (nSPS) is 20.1. The largest absolute Gasteiger partial charge is 0.456 e. The minimum Gasteiger partial charge on any atom is -0.456 e. The molecule has 0 bridgehead atoms. The van der Waals surface area contributed by atoms with E-state index in [0.29, 0.717) is 42.5 Å². The molecule has 36 heavy (non-hydrogen) atoms. The van der Waals surface area contributed by atoms with E-state index in [9.17, 15) is 9.59 Å². The average molecular weight is 513 g/mol. The Bertz CT molecular complexity index is 1050. The van der Waals surface area contributed by atoms with Crippen molar-refractivity contribution in [2.45, 2.75) is 71.0 Å². The second-order valence-corrected chi connectivity index (χ2v) is 10.8. The highest BCUT2D eigenvalue weighted by atomic mass is 35.5. The maximum Gasteiger partial charge on any atom is 0.246 e. The number of halogens is 1. The first-order valence-electron chi connectivity index (χ1n) is 13.0. The number of piperidine rings is 1. The molecule has 4 rings (SSSR count). The third kappa shape index (κ3) is 6.01. The molecular weight excluding hydrogens is 476 g/mol. The van der Waals surface area contributed by atoms with Gasteiger partial charge in [-0.1, -0.05) is 50.9 Å². The summed E-state index contributed by atoms with van der Waals surface area (Å²) in [4.78, 5) is 35.1. The average Bonchev–Trinajstić information content (AvgIpc) is 2.85. The zero-order valence-corrected chi connectivity index (χ0v) is 22.3. The third-order valence-corrected chi connectivity index (χ3v) is 7.39. The molecule has 2 fully saturated rings. The number of pyridine rings is 1. The number of piperazine rings is 1. The van der Waals surface area contributed by atoms with Crippen molar-refractivity contribution in [3.05, 3.63) is 53.3 Å². The summed E-state index contributed by atoms with van der Waals surface area (Å²) in [5.41, 5.74) is 0.449. The Hall–Kier alpha value is -2.64. The van der Waals surface area contributed by atoms with Crippen LogP contribution >= 0.6 is 11.6 Å². The van der Waals surface area contributed by atoms with Crippen molar-refractivity contribution < 1.29 is 14.3 Å². The van der Waals surface area contributed by atoms with Crippen LogP contribution in [0.15, 0.2) is 42.7 Å². The van der Waals surface area contributed by atoms with Crippen LogP contribution < -0.4 is 10.1 Å². The van der Waals surface area contributed by atoms with Gasteiger partial charge in [0.25, 0.3) is 0 Å². The highest BCUT2D eigenvalue weighted by Gasteiger charge is 2.53. The quantitative estimate of drug-likeness (QED) is 0.509. The lowest BCUT2D eigenvalue weighted by molar-refractivity contribution is -0.161. The first kappa shape index (κ1) is 26.4. The number of rotatable bonds is 9. The number of amides is 2. The van der Waals surface area contributed by atoms with Gasteiger partial charge in [-0.05, 0) is 49.3 Å². The van der Waals surface area contributed by atoms with E-state index in [-0.39, 0.29) is 11.8 Å². The van der Waals surface area contributed by atoms with Gasteiger partial charge in [0.2, 0.25) is 11.8 Å². The van der Waals surface area contributed by atoms with Gasteiger partial charge in [-0.3, -0.25) is 19.5 Å². The van der Waals surface area contributed by atoms with E-state index in [0.717, 1.165) is 38.2 Å². The number of ether oxygens (including phenoxy) is 1. The summed E-state index contributed by atoms with van der Waals surface area (Å²) in [6, 6.07) is 9.32. The van der Waals surface area contributed by atoms with Crippen LogP contribution in [-0.4, -0.2) is 57.8 Å². The summed E-state index contributed by atoms with van der Waals surface area (Å²) < 4.78 is 5.84. The number of nitrogens with one attached hydrogen (secondary N) is 1. The first-order chi connectivity index (χ1) is 17.3. The minimum absolute atomic E-state index is 0.0282. The van der Waals surface area contributed by atoms with E-state index >= 15 is 0 Å². The van der Waals surface area contributed by atoms with E-state index in [1.54, 1.807) is 18.5 Å². The van der Waals surface area contributed by atoms with Gasteiger partial charge >= 0.3 is 0 Å². The number of nitrogens with zero attached hydrogens (tertiary/aromatic N) is 3. The highest BCUT2D eigenvalue weighted by Crippen LogP contribution is 2.35. The van der Waals surface area contributed by atoms with Crippen molar-refractivity contribution in [1.82, 2.24) is 20.1 Å². The van der Waals surface area contributed by atoms with Crippen LogP contribution in [0.1, 0.15) is 58.4 Å². The molecule has 0 radical (unpaired) electrons. The van der Waals surface area contributed by atoms with Crippen molar-refractivity contribution in [3.8, 4) is 11.5 Å². The highest BCUT2D eigenvalue weighted by molar-refractivity contribution is 6.30. The molecule has 1 aromatic heterocycles. The molecule has 0 saturated carbocycles. The minimum atomic E-state index is -0.723. The summed E-state index contributed by atoms with van der Waals surface area (Å²) in [5.74, 6) is 1.79. The number of hydrogen-bond donors (Lipinski definition) is 1. The second-order valence-electron chi connectivity index (χ2n) is 10.4. The van der Waals surface area contributed by atoms with Gasteiger partial charge < -0.3 is 15.0 Å². The van der Waals surface area contributed by atoms with Gasteiger partial charge in [0.05, 0.1) is 11.2 Å². The Morgan fingerprint density at radius 1 is 1.14 bits per heavy atom. The fourth-order valence-corrected chi connectivity index (χ4v) is 5.39. The number of carbonyl (C=O) groups is 2. The molecule has 2 aliphatic heterocycles. The maximum atomic E-state index is 13.4. The third-order valence-electron chi connectivity index (χ3n) is 7.18. The van der Waals surface area contributed by atoms with E-state index in [1.165, 1.54) is 5.56 Å². The molecule has 2 saturated heterocycles. The molecule has 7 nitrogen and oxygen atoms in total. The Balaban J connectivity index is 1.38. The fraction of sp³-hybridized carbons (Fsp3) is 0.536. The van der Waals surface area contributed by atoms with Crippen molar-refractivity contribution in [1.29, 1.82) is 0 Å². The number of carbonyl (C=O) groups excluding carboxylic acids is 2. The van der Waals surface area contributed by atoms with Crippen LogP contribution in [0.5, 0.6) is 11.5 Å². The summed E-state index contributed by atoms with van der Waals surface area (Å²) in [6.07, 6.45) is 7.11. The summed E-state index contributed by atoms with van der Waals surface area (Å²) in [7, 11) is 0. The van der Waals surface area contributed by atoms with Gasteiger partial charge in [0, 0.05) is 38.4 Å². The molecule has 2 aromatic rings.